The van der Waals surface area contributed by atoms with Crippen LogP contribution in [0.5, 0.6) is 0 Å². The molecule has 1 N–H and O–H groups in total. The van der Waals surface area contributed by atoms with Gasteiger partial charge in [-0.25, -0.2) is 4.98 Å². The largest absolute Gasteiger partial charge is 0.463 e. The van der Waals surface area contributed by atoms with E-state index < -0.39 is 5.91 Å². The van der Waals surface area contributed by atoms with E-state index in [9.17, 15) is 9.59 Å². The van der Waals surface area contributed by atoms with E-state index in [-0.39, 0.29) is 11.0 Å². The summed E-state index contributed by atoms with van der Waals surface area (Å²) in [6.07, 6.45) is 2.85. The molecule has 3 aromatic heterocycles. The van der Waals surface area contributed by atoms with Gasteiger partial charge in [-0.2, -0.15) is 0 Å². The molecule has 0 unspecified atom stereocenters. The maximum absolute atomic E-state index is 12.4. The molecule has 4 aromatic rings. The Balaban J connectivity index is 1.62. The number of hydrogen-bond acceptors (Lipinski definition) is 6. The number of aromatic nitrogens is 2. The third kappa shape index (κ3) is 2.92. The van der Waals surface area contributed by atoms with Crippen molar-refractivity contribution in [2.45, 2.75) is 0 Å². The van der Waals surface area contributed by atoms with Crippen molar-refractivity contribution in [3.05, 3.63) is 76.1 Å². The van der Waals surface area contributed by atoms with E-state index in [1.54, 1.807) is 35.8 Å². The summed E-state index contributed by atoms with van der Waals surface area (Å²) < 4.78 is 5.37. The number of amides is 1. The minimum absolute atomic E-state index is 0.0618. The van der Waals surface area contributed by atoms with Crippen LogP contribution in [0.4, 0.5) is 5.13 Å². The molecule has 7 heteroatoms. The summed E-state index contributed by atoms with van der Waals surface area (Å²) >= 11 is 1.26. The van der Waals surface area contributed by atoms with Crippen LogP contribution >= 0.6 is 11.3 Å². The normalized spacial score (nSPS) is 10.7. The van der Waals surface area contributed by atoms with Crippen molar-refractivity contribution in [2.24, 2.45) is 0 Å². The number of para-hydroxylation sites is 1. The third-order valence-corrected chi connectivity index (χ3v) is 4.33. The first-order valence-corrected chi connectivity index (χ1v) is 8.29. The quantitative estimate of drug-likeness (QED) is 0.611. The molecule has 0 aliphatic carbocycles. The number of fused-ring (bicyclic) bond motifs is 1. The molecule has 6 nitrogen and oxygen atoms in total. The molecule has 0 saturated heterocycles. The van der Waals surface area contributed by atoms with Crippen LogP contribution in [0.3, 0.4) is 0 Å². The first-order valence-electron chi connectivity index (χ1n) is 7.41. The predicted octanol–water partition coefficient (Wildman–Crippen LogP) is 3.56. The summed E-state index contributed by atoms with van der Waals surface area (Å²) in [5, 5.41) is 5.18. The van der Waals surface area contributed by atoms with Crippen molar-refractivity contribution in [2.75, 3.05) is 5.32 Å². The Morgan fingerprint density at radius 3 is 2.76 bits per heavy atom. The number of thiazole rings is 1. The molecule has 0 atom stereocenters. The van der Waals surface area contributed by atoms with E-state index in [4.69, 9.17) is 4.42 Å². The number of rotatable bonds is 3. The van der Waals surface area contributed by atoms with E-state index in [1.165, 1.54) is 17.6 Å². The van der Waals surface area contributed by atoms with Gasteiger partial charge in [0, 0.05) is 11.6 Å². The summed E-state index contributed by atoms with van der Waals surface area (Å²) in [6, 6.07) is 12.3. The minimum atomic E-state index is -0.554. The summed E-state index contributed by atoms with van der Waals surface area (Å²) in [6.45, 7) is 0. The zero-order chi connectivity index (χ0) is 17.2. The smallest absolute Gasteiger partial charge is 0.264 e. The van der Waals surface area contributed by atoms with Crippen molar-refractivity contribution in [1.29, 1.82) is 0 Å². The maximum Gasteiger partial charge on any atom is 0.264 e. The molecule has 122 valence electrons. The van der Waals surface area contributed by atoms with Crippen molar-refractivity contribution in [3.8, 4) is 11.4 Å². The zero-order valence-corrected chi connectivity index (χ0v) is 13.6. The van der Waals surface area contributed by atoms with Crippen LogP contribution in [0.2, 0.25) is 0 Å². The van der Waals surface area contributed by atoms with E-state index in [0.717, 1.165) is 0 Å². The number of carbonyl (C=O) groups is 1. The van der Waals surface area contributed by atoms with Crippen LogP contribution in [-0.2, 0) is 0 Å². The lowest BCUT2D eigenvalue weighted by Gasteiger charge is -2.02. The van der Waals surface area contributed by atoms with Gasteiger partial charge in [0.05, 0.1) is 11.1 Å². The van der Waals surface area contributed by atoms with Gasteiger partial charge in [-0.3, -0.25) is 19.9 Å². The summed E-state index contributed by atoms with van der Waals surface area (Å²) in [4.78, 5) is 33.4. The van der Waals surface area contributed by atoms with Gasteiger partial charge < -0.3 is 4.42 Å². The topological polar surface area (TPSA) is 85.1 Å². The first kappa shape index (κ1) is 15.2. The average molecular weight is 349 g/mol. The number of anilines is 1. The molecular formula is C18H11N3O3S. The molecule has 1 amide bonds. The summed E-state index contributed by atoms with van der Waals surface area (Å²) in [5.41, 5.74) is 1.38. The lowest BCUT2D eigenvalue weighted by Crippen LogP contribution is -2.21. The van der Waals surface area contributed by atoms with Crippen molar-refractivity contribution in [1.82, 2.24) is 9.97 Å². The zero-order valence-electron chi connectivity index (χ0n) is 12.8. The number of benzene rings is 1. The Labute approximate surface area is 145 Å². The molecule has 25 heavy (non-hydrogen) atoms. The van der Waals surface area contributed by atoms with Gasteiger partial charge in [0.1, 0.15) is 23.1 Å². The van der Waals surface area contributed by atoms with E-state index >= 15 is 0 Å². The van der Waals surface area contributed by atoms with Crippen LogP contribution in [-0.4, -0.2) is 15.9 Å². The number of pyridine rings is 1. The molecule has 3 heterocycles. The Morgan fingerprint density at radius 1 is 1.08 bits per heavy atom. The predicted molar refractivity (Wildman–Crippen MR) is 95.8 cm³/mol. The summed E-state index contributed by atoms with van der Waals surface area (Å²) in [7, 11) is 0. The highest BCUT2D eigenvalue weighted by atomic mass is 32.1. The average Bonchev–Trinajstić information content (AvgIpc) is 3.11. The molecule has 0 radical (unpaired) electrons. The SMILES string of the molecule is O=C(Nc1nc(-c2ccccn2)cs1)c1coc2ccccc2c1=O. The van der Waals surface area contributed by atoms with Crippen molar-refractivity contribution in [3.63, 3.8) is 0 Å². The molecule has 0 saturated carbocycles. The van der Waals surface area contributed by atoms with E-state index in [1.807, 2.05) is 18.2 Å². The fraction of sp³-hybridized carbons (Fsp3) is 0. The second-order valence-electron chi connectivity index (χ2n) is 5.18. The first-order chi connectivity index (χ1) is 12.2. The fourth-order valence-corrected chi connectivity index (χ4v) is 3.06. The lowest BCUT2D eigenvalue weighted by atomic mass is 10.1. The molecular weight excluding hydrogens is 338 g/mol. The Bertz CT molecular complexity index is 1120. The molecule has 1 aromatic carbocycles. The van der Waals surface area contributed by atoms with Crippen molar-refractivity contribution < 1.29 is 9.21 Å². The van der Waals surface area contributed by atoms with Gasteiger partial charge in [0.15, 0.2) is 5.13 Å². The number of hydrogen-bond donors (Lipinski definition) is 1. The second-order valence-corrected chi connectivity index (χ2v) is 6.04. The van der Waals surface area contributed by atoms with Gasteiger partial charge in [0.25, 0.3) is 5.91 Å². The molecule has 0 aliphatic rings. The van der Waals surface area contributed by atoms with Crippen LogP contribution in [0.1, 0.15) is 10.4 Å². The third-order valence-electron chi connectivity index (χ3n) is 3.58. The van der Waals surface area contributed by atoms with Crippen LogP contribution in [0, 0.1) is 0 Å². The lowest BCUT2D eigenvalue weighted by molar-refractivity contribution is 0.102. The van der Waals surface area contributed by atoms with Gasteiger partial charge in [0.2, 0.25) is 5.43 Å². The van der Waals surface area contributed by atoms with Gasteiger partial charge in [-0.1, -0.05) is 18.2 Å². The number of nitrogens with one attached hydrogen (secondary N) is 1. The molecule has 0 bridgehead atoms. The standard InChI is InChI=1S/C18H11N3O3S/c22-16-11-5-1-2-7-15(11)24-9-12(16)17(23)21-18-20-14(10-25-18)13-6-3-4-8-19-13/h1-10H,(H,20,21,23). The van der Waals surface area contributed by atoms with Gasteiger partial charge in [-0.05, 0) is 24.3 Å². The van der Waals surface area contributed by atoms with Crippen LogP contribution in [0.25, 0.3) is 22.4 Å². The minimum Gasteiger partial charge on any atom is -0.463 e. The highest BCUT2D eigenvalue weighted by Crippen LogP contribution is 2.23. The second kappa shape index (κ2) is 6.29. The van der Waals surface area contributed by atoms with E-state index in [0.29, 0.717) is 27.5 Å². The van der Waals surface area contributed by atoms with Crippen molar-refractivity contribution >= 4 is 33.3 Å². The monoisotopic (exact) mass is 349 g/mol. The van der Waals surface area contributed by atoms with Crippen LogP contribution < -0.4 is 10.7 Å². The Morgan fingerprint density at radius 2 is 1.92 bits per heavy atom. The molecule has 0 spiro atoms. The molecule has 4 rings (SSSR count). The molecule has 0 aliphatic heterocycles. The molecule has 0 fully saturated rings. The highest BCUT2D eigenvalue weighted by molar-refractivity contribution is 7.14. The number of nitrogens with zero attached hydrogens (tertiary/aromatic N) is 2. The Kier molecular flexibility index (Phi) is 3.83. The maximum atomic E-state index is 12.4. The highest BCUT2D eigenvalue weighted by Gasteiger charge is 2.16. The van der Waals surface area contributed by atoms with Crippen LogP contribution in [0.15, 0.2) is 69.5 Å². The van der Waals surface area contributed by atoms with Gasteiger partial charge >= 0.3 is 0 Å². The number of carbonyl (C=O) groups excluding carboxylic acids is 1. The van der Waals surface area contributed by atoms with Gasteiger partial charge in [-0.15, -0.1) is 11.3 Å². The summed E-state index contributed by atoms with van der Waals surface area (Å²) in [5.74, 6) is -0.554. The fourth-order valence-electron chi connectivity index (χ4n) is 2.36. The Hall–Kier alpha value is -3.32. The van der Waals surface area contributed by atoms with E-state index in [2.05, 4.69) is 15.3 Å².